The van der Waals surface area contributed by atoms with Crippen LogP contribution in [0.3, 0.4) is 0 Å². The Balaban J connectivity index is 2.69. The van der Waals surface area contributed by atoms with Gasteiger partial charge in [0.15, 0.2) is 8.32 Å². The molecule has 1 nitrogen and oxygen atoms in total. The van der Waals surface area contributed by atoms with Crippen LogP contribution in [0.2, 0.25) is 18.1 Å². The van der Waals surface area contributed by atoms with Crippen LogP contribution in [0.4, 0.5) is 0 Å². The summed E-state index contributed by atoms with van der Waals surface area (Å²) in [5.41, 5.74) is 1.35. The lowest BCUT2D eigenvalue weighted by Gasteiger charge is -2.32. The Morgan fingerprint density at radius 2 is 1.52 bits per heavy atom. The van der Waals surface area contributed by atoms with Crippen LogP contribution < -0.4 is 0 Å². The van der Waals surface area contributed by atoms with E-state index in [4.69, 9.17) is 4.43 Å². The minimum absolute atomic E-state index is 0.947. The van der Waals surface area contributed by atoms with Gasteiger partial charge >= 0.3 is 0 Å². The lowest BCUT2D eigenvalue weighted by Crippen LogP contribution is -2.38. The molecule has 0 fully saturated rings. The Bertz CT molecular complexity index is 328. The molecule has 1 aromatic rings. The fourth-order valence-corrected chi connectivity index (χ4v) is 7.05. The van der Waals surface area contributed by atoms with Crippen LogP contribution in [0.15, 0.2) is 30.3 Å². The van der Waals surface area contributed by atoms with Crippen molar-refractivity contribution in [1.82, 2.24) is 0 Å². The molecule has 21 heavy (non-hydrogen) atoms. The summed E-state index contributed by atoms with van der Waals surface area (Å²) in [6, 6.07) is 14.6. The van der Waals surface area contributed by atoms with Crippen molar-refractivity contribution in [3.8, 4) is 0 Å². The third-order valence-electron chi connectivity index (χ3n) is 4.09. The Morgan fingerprint density at radius 3 is 2.05 bits per heavy atom. The third-order valence-corrected chi connectivity index (χ3v) is 8.39. The summed E-state index contributed by atoms with van der Waals surface area (Å²) in [6.45, 7) is 7.75. The van der Waals surface area contributed by atoms with Crippen LogP contribution in [0.25, 0.3) is 0 Å². The predicted molar refractivity (Wildman–Crippen MR) is 96.1 cm³/mol. The van der Waals surface area contributed by atoms with Gasteiger partial charge in [0.05, 0.1) is 0 Å². The summed E-state index contributed by atoms with van der Waals surface area (Å²) in [5, 5.41) is 0. The third kappa shape index (κ3) is 7.28. The molecule has 1 radical (unpaired) electrons. The van der Waals surface area contributed by atoms with E-state index in [1.165, 1.54) is 49.4 Å². The summed E-state index contributed by atoms with van der Waals surface area (Å²) >= 11 is 0. The van der Waals surface area contributed by atoms with Gasteiger partial charge in [-0.2, -0.15) is 0 Å². The molecule has 0 bridgehead atoms. The van der Waals surface area contributed by atoms with Gasteiger partial charge in [-0.1, -0.05) is 76.8 Å². The van der Waals surface area contributed by atoms with Gasteiger partial charge < -0.3 is 4.43 Å². The molecule has 0 aliphatic carbocycles. The average Bonchev–Trinajstić information content (AvgIpc) is 2.54. The fraction of sp³-hybridized carbons (Fsp3) is 0.632. The van der Waals surface area contributed by atoms with Crippen LogP contribution in [-0.4, -0.2) is 14.9 Å². The summed E-state index contributed by atoms with van der Waals surface area (Å²) < 4.78 is 6.51. The Kier molecular flexibility index (Phi) is 9.69. The normalized spacial score (nSPS) is 11.8. The summed E-state index contributed by atoms with van der Waals surface area (Å²) in [6.07, 6.45) is 8.76. The van der Waals surface area contributed by atoms with Crippen molar-refractivity contribution in [2.24, 2.45) is 0 Å². The van der Waals surface area contributed by atoms with E-state index in [0.29, 0.717) is 0 Å². The first-order chi connectivity index (χ1) is 10.3. The van der Waals surface area contributed by atoms with E-state index in [0.717, 1.165) is 13.0 Å². The van der Waals surface area contributed by atoms with E-state index >= 15 is 0 Å². The smallest absolute Gasteiger partial charge is 0.193 e. The van der Waals surface area contributed by atoms with Crippen molar-refractivity contribution in [1.29, 1.82) is 0 Å². The van der Waals surface area contributed by atoms with Crippen molar-refractivity contribution < 1.29 is 4.43 Å². The average molecular weight is 306 g/mol. The second kappa shape index (κ2) is 11.0. The van der Waals surface area contributed by atoms with Gasteiger partial charge in [-0.3, -0.25) is 0 Å². The minimum atomic E-state index is -1.60. The zero-order valence-electron chi connectivity index (χ0n) is 14.2. The highest BCUT2D eigenvalue weighted by molar-refractivity contribution is 6.74. The van der Waals surface area contributed by atoms with Gasteiger partial charge in [-0.15, -0.1) is 0 Å². The standard InChI is InChI=1S/C19H33OSi/c1-4-7-16-21(17-8-5-2,20-15-6-3)18-14-19-12-10-9-11-13-19/h9-14H,4-8,15-18H2,1-3H3. The van der Waals surface area contributed by atoms with Crippen molar-refractivity contribution in [3.63, 3.8) is 0 Å². The molecule has 0 saturated heterocycles. The number of benzene rings is 1. The molecule has 0 aliphatic rings. The Morgan fingerprint density at radius 1 is 0.905 bits per heavy atom. The van der Waals surface area contributed by atoms with E-state index in [1.807, 2.05) is 0 Å². The summed E-state index contributed by atoms with van der Waals surface area (Å²) in [7, 11) is -1.60. The van der Waals surface area contributed by atoms with Gasteiger partial charge in [0.1, 0.15) is 0 Å². The number of hydrogen-bond donors (Lipinski definition) is 0. The van der Waals surface area contributed by atoms with Gasteiger partial charge in [-0.25, -0.2) is 0 Å². The molecule has 1 rings (SSSR count). The number of rotatable bonds is 12. The first-order valence-corrected chi connectivity index (χ1v) is 11.3. The van der Waals surface area contributed by atoms with E-state index < -0.39 is 8.32 Å². The monoisotopic (exact) mass is 305 g/mol. The molecule has 0 unspecified atom stereocenters. The topological polar surface area (TPSA) is 9.23 Å². The van der Waals surface area contributed by atoms with E-state index in [2.05, 4.69) is 57.5 Å². The first-order valence-electron chi connectivity index (χ1n) is 8.78. The van der Waals surface area contributed by atoms with E-state index in [-0.39, 0.29) is 0 Å². The quantitative estimate of drug-likeness (QED) is 0.417. The van der Waals surface area contributed by atoms with Crippen LogP contribution in [0.5, 0.6) is 0 Å². The van der Waals surface area contributed by atoms with Crippen molar-refractivity contribution in [2.75, 3.05) is 6.61 Å². The number of unbranched alkanes of at least 4 members (excludes halogenated alkanes) is 2. The van der Waals surface area contributed by atoms with Gasteiger partial charge in [-0.05, 0) is 36.5 Å². The molecule has 119 valence electrons. The second-order valence-corrected chi connectivity index (χ2v) is 10.1. The summed E-state index contributed by atoms with van der Waals surface area (Å²) in [4.78, 5) is 0. The zero-order valence-corrected chi connectivity index (χ0v) is 15.2. The molecule has 0 heterocycles. The second-order valence-electron chi connectivity index (χ2n) is 6.06. The van der Waals surface area contributed by atoms with Crippen LogP contribution >= 0.6 is 0 Å². The van der Waals surface area contributed by atoms with Crippen molar-refractivity contribution in [2.45, 2.75) is 71.0 Å². The SMILES string of the molecule is CCCC[Si](C[CH]c1ccccc1)(CCCC)OCCC. The Hall–Kier alpha value is -0.603. The predicted octanol–water partition coefficient (Wildman–Crippen LogP) is 6.21. The maximum absolute atomic E-state index is 6.51. The molecule has 0 aromatic heterocycles. The van der Waals surface area contributed by atoms with Gasteiger partial charge in [0.25, 0.3) is 0 Å². The van der Waals surface area contributed by atoms with Crippen molar-refractivity contribution >= 4 is 8.32 Å². The highest BCUT2D eigenvalue weighted by Gasteiger charge is 2.33. The van der Waals surface area contributed by atoms with Crippen LogP contribution in [0.1, 0.15) is 58.4 Å². The number of hydrogen-bond acceptors (Lipinski definition) is 1. The van der Waals surface area contributed by atoms with Gasteiger partial charge in [0, 0.05) is 6.61 Å². The van der Waals surface area contributed by atoms with Crippen LogP contribution in [-0.2, 0) is 4.43 Å². The lowest BCUT2D eigenvalue weighted by atomic mass is 10.2. The largest absolute Gasteiger partial charge is 0.417 e. The molecule has 0 aliphatic heterocycles. The molecule has 2 heteroatoms. The molecule has 0 atom stereocenters. The molecular weight excluding hydrogens is 272 g/mol. The molecule has 0 amide bonds. The van der Waals surface area contributed by atoms with Crippen molar-refractivity contribution in [3.05, 3.63) is 42.3 Å². The van der Waals surface area contributed by atoms with Gasteiger partial charge in [0.2, 0.25) is 0 Å². The zero-order chi connectivity index (χ0) is 15.4. The highest BCUT2D eigenvalue weighted by atomic mass is 28.4. The van der Waals surface area contributed by atoms with E-state index in [1.54, 1.807) is 0 Å². The molecule has 0 N–H and O–H groups in total. The lowest BCUT2D eigenvalue weighted by molar-refractivity contribution is 0.296. The maximum atomic E-state index is 6.51. The minimum Gasteiger partial charge on any atom is -0.417 e. The molecule has 0 spiro atoms. The molecule has 1 aromatic carbocycles. The van der Waals surface area contributed by atoms with E-state index in [9.17, 15) is 0 Å². The molecular formula is C19H33OSi. The highest BCUT2D eigenvalue weighted by Crippen LogP contribution is 2.30. The fourth-order valence-electron chi connectivity index (χ4n) is 2.74. The van der Waals surface area contributed by atoms with Crippen LogP contribution in [0, 0.1) is 6.42 Å². The first kappa shape index (κ1) is 18.4. The Labute approximate surface area is 133 Å². The summed E-state index contributed by atoms with van der Waals surface area (Å²) in [5.74, 6) is 0. The maximum Gasteiger partial charge on any atom is 0.193 e. The molecule has 0 saturated carbocycles.